The van der Waals surface area contributed by atoms with Crippen LogP contribution < -0.4 is 0 Å². The van der Waals surface area contributed by atoms with Crippen molar-refractivity contribution in [2.24, 2.45) is 0 Å². The molecule has 0 amide bonds. The second-order valence-corrected chi connectivity index (χ2v) is 12.0. The van der Waals surface area contributed by atoms with Gasteiger partial charge < -0.3 is 0 Å². The van der Waals surface area contributed by atoms with Crippen LogP contribution >= 0.6 is 10.3 Å². The summed E-state index contributed by atoms with van der Waals surface area (Å²) in [6.45, 7) is 11.9. The summed E-state index contributed by atoms with van der Waals surface area (Å²) in [6.07, 6.45) is 2.77. The summed E-state index contributed by atoms with van der Waals surface area (Å²) in [5.74, 6) is 0.547. The van der Waals surface area contributed by atoms with E-state index in [0.717, 1.165) is 12.8 Å². The van der Waals surface area contributed by atoms with E-state index in [2.05, 4.69) is 3.63 Å². The first-order chi connectivity index (χ1) is 9.61. The Kier molecular flexibility index (Phi) is 9.12. The molecule has 0 spiro atoms. The fourth-order valence-corrected chi connectivity index (χ4v) is 8.91. The van der Waals surface area contributed by atoms with Crippen molar-refractivity contribution in [2.45, 2.75) is 77.7 Å². The molecule has 128 valence electrons. The SMILES string of the molecule is CCCCS(=O)(=O)[OH+]S(CC(=O)CCC)(C(C)C)C(C)C. The molecule has 0 heterocycles. The van der Waals surface area contributed by atoms with Crippen LogP contribution in [0.15, 0.2) is 0 Å². The van der Waals surface area contributed by atoms with E-state index < -0.39 is 20.4 Å². The molecule has 6 heteroatoms. The number of carbonyl (C=O) groups excluding carboxylic acids is 1. The van der Waals surface area contributed by atoms with Crippen LogP contribution in [0.25, 0.3) is 0 Å². The van der Waals surface area contributed by atoms with Gasteiger partial charge in [0.25, 0.3) is 0 Å². The first kappa shape index (κ1) is 20.9. The monoisotopic (exact) mass is 341 g/mol. The predicted octanol–water partition coefficient (Wildman–Crippen LogP) is 4.12. The second-order valence-electron chi connectivity index (χ2n) is 6.05. The predicted molar refractivity (Wildman–Crippen MR) is 94.0 cm³/mol. The normalized spacial score (nSPS) is 13.9. The van der Waals surface area contributed by atoms with E-state index in [9.17, 15) is 13.2 Å². The zero-order valence-corrected chi connectivity index (χ0v) is 16.0. The lowest BCUT2D eigenvalue weighted by Gasteiger charge is -2.40. The van der Waals surface area contributed by atoms with E-state index in [1.54, 1.807) is 0 Å². The van der Waals surface area contributed by atoms with E-state index in [4.69, 9.17) is 0 Å². The highest BCUT2D eigenvalue weighted by atomic mass is 32.3. The highest BCUT2D eigenvalue weighted by molar-refractivity contribution is 8.33. The molecule has 1 N–H and O–H groups in total. The van der Waals surface area contributed by atoms with E-state index in [-0.39, 0.29) is 22.0 Å². The van der Waals surface area contributed by atoms with Gasteiger partial charge in [-0.15, -0.1) is 0 Å². The van der Waals surface area contributed by atoms with Crippen LogP contribution in [-0.2, 0) is 14.9 Å². The van der Waals surface area contributed by atoms with Crippen molar-refractivity contribution in [3.8, 4) is 0 Å². The number of rotatable bonds is 11. The van der Waals surface area contributed by atoms with Gasteiger partial charge in [0.1, 0.15) is 11.5 Å². The third kappa shape index (κ3) is 6.70. The van der Waals surface area contributed by atoms with Gasteiger partial charge in [-0.3, -0.25) is 8.42 Å². The molecule has 0 rings (SSSR count). The fourth-order valence-electron chi connectivity index (χ4n) is 2.26. The molecule has 0 aliphatic carbocycles. The first-order valence-corrected chi connectivity index (χ1v) is 11.4. The Morgan fingerprint density at radius 1 is 1.00 bits per heavy atom. The molecule has 0 unspecified atom stereocenters. The molecule has 0 fully saturated rings. The van der Waals surface area contributed by atoms with Crippen LogP contribution in [-0.4, -0.2) is 39.8 Å². The molecule has 21 heavy (non-hydrogen) atoms. The number of carbonyl (C=O) groups is 1. The zero-order valence-electron chi connectivity index (χ0n) is 14.4. The Hall–Kier alpha value is -0.0700. The van der Waals surface area contributed by atoms with Crippen LogP contribution in [0.4, 0.5) is 0 Å². The Bertz CT molecular complexity index is 405. The lowest BCUT2D eigenvalue weighted by molar-refractivity contribution is -0.116. The minimum absolute atomic E-state index is 0.0923. The largest absolute Gasteiger partial charge is 0.390 e. The van der Waals surface area contributed by atoms with Crippen molar-refractivity contribution in [2.75, 3.05) is 11.5 Å². The molecule has 0 saturated heterocycles. The van der Waals surface area contributed by atoms with Gasteiger partial charge in [-0.05, 0) is 50.8 Å². The van der Waals surface area contributed by atoms with Crippen molar-refractivity contribution < 1.29 is 16.8 Å². The lowest BCUT2D eigenvalue weighted by atomic mass is 10.3. The van der Waals surface area contributed by atoms with Gasteiger partial charge in [-0.25, -0.2) is 0 Å². The quantitative estimate of drug-likeness (QED) is 0.419. The number of ketones is 1. The Labute approximate surface area is 132 Å². The van der Waals surface area contributed by atoms with Gasteiger partial charge in [-0.1, -0.05) is 20.3 Å². The average Bonchev–Trinajstić information content (AvgIpc) is 2.35. The van der Waals surface area contributed by atoms with Gasteiger partial charge >= 0.3 is 10.1 Å². The molecular weight excluding hydrogens is 308 g/mol. The topological polar surface area (TPSA) is 64.0 Å². The molecule has 0 saturated carbocycles. The summed E-state index contributed by atoms with van der Waals surface area (Å²) in [5.41, 5.74) is 0. The molecule has 4 nitrogen and oxygen atoms in total. The molecule has 0 aromatic carbocycles. The summed E-state index contributed by atoms with van der Waals surface area (Å²) in [6, 6.07) is 0. The summed E-state index contributed by atoms with van der Waals surface area (Å²) >= 11 is 0. The van der Waals surface area contributed by atoms with Crippen molar-refractivity contribution >= 4 is 26.2 Å². The Morgan fingerprint density at radius 3 is 1.90 bits per heavy atom. The first-order valence-electron chi connectivity index (χ1n) is 7.88. The summed E-state index contributed by atoms with van der Waals surface area (Å²) in [7, 11) is -5.29. The Balaban J connectivity index is 5.35. The highest BCUT2D eigenvalue weighted by Gasteiger charge is 2.43. The summed E-state index contributed by atoms with van der Waals surface area (Å²) in [4.78, 5) is 12.1. The van der Waals surface area contributed by atoms with Crippen LogP contribution in [0.3, 0.4) is 0 Å². The molecule has 0 bridgehead atoms. The minimum atomic E-state index is -3.44. The number of hydrogen-bond acceptors (Lipinski definition) is 3. The third-order valence-electron chi connectivity index (χ3n) is 3.56. The van der Waals surface area contributed by atoms with E-state index in [1.807, 2.05) is 41.5 Å². The number of Topliss-reactive ketones (excluding diaryl/α,β-unsaturated/α-hetero) is 1. The second kappa shape index (κ2) is 9.16. The molecule has 0 aliphatic rings. The van der Waals surface area contributed by atoms with E-state index in [0.29, 0.717) is 18.6 Å². The maximum Gasteiger partial charge on any atom is 0.390 e. The Morgan fingerprint density at radius 2 is 1.52 bits per heavy atom. The van der Waals surface area contributed by atoms with Gasteiger partial charge in [-0.2, -0.15) is 8.42 Å². The maximum absolute atomic E-state index is 12.3. The molecule has 0 aromatic rings. The van der Waals surface area contributed by atoms with Gasteiger partial charge in [0.15, 0.2) is 0 Å². The van der Waals surface area contributed by atoms with Crippen molar-refractivity contribution in [3.63, 3.8) is 0 Å². The summed E-state index contributed by atoms with van der Waals surface area (Å²) in [5, 5.41) is 0.185. The lowest BCUT2D eigenvalue weighted by Crippen LogP contribution is -2.35. The van der Waals surface area contributed by atoms with Crippen LogP contribution in [0, 0.1) is 0 Å². The minimum Gasteiger partial charge on any atom is -0.299 e. The maximum atomic E-state index is 12.3. The molecule has 0 radical (unpaired) electrons. The zero-order chi connectivity index (χ0) is 16.7. The highest BCUT2D eigenvalue weighted by Crippen LogP contribution is 2.56. The number of unbranched alkanes of at least 4 members (excludes halogenated alkanes) is 1. The number of hydrogen-bond donors (Lipinski definition) is 0. The molecule has 0 atom stereocenters. The smallest absolute Gasteiger partial charge is 0.299 e. The fraction of sp³-hybridized carbons (Fsp3) is 0.933. The molecule has 0 aromatic heterocycles. The standard InChI is InChI=1S/C15H32O4S2/c1-7-9-11-21(17,18)19-20(13(3)4,14(5)6)12-15(16)10-8-2/h13-14H,7-12H2,1-6H3/p+1. The summed E-state index contributed by atoms with van der Waals surface area (Å²) < 4.78 is 28.9. The van der Waals surface area contributed by atoms with Crippen LogP contribution in [0.1, 0.15) is 67.2 Å². The average molecular weight is 342 g/mol. The van der Waals surface area contributed by atoms with E-state index >= 15 is 0 Å². The van der Waals surface area contributed by atoms with Gasteiger partial charge in [0.05, 0.1) is 5.75 Å². The van der Waals surface area contributed by atoms with Crippen LogP contribution in [0.2, 0.25) is 0 Å². The van der Waals surface area contributed by atoms with Crippen molar-refractivity contribution in [1.82, 2.24) is 0 Å². The van der Waals surface area contributed by atoms with Crippen LogP contribution in [0.5, 0.6) is 0 Å². The van der Waals surface area contributed by atoms with Crippen molar-refractivity contribution in [1.29, 1.82) is 0 Å². The third-order valence-corrected chi connectivity index (χ3v) is 10.4. The van der Waals surface area contributed by atoms with E-state index in [1.165, 1.54) is 0 Å². The molecule has 0 aliphatic heterocycles. The van der Waals surface area contributed by atoms with Gasteiger partial charge in [0, 0.05) is 16.9 Å². The molecular formula is C15H33O4S2+. The van der Waals surface area contributed by atoms with Crippen molar-refractivity contribution in [3.05, 3.63) is 0 Å². The van der Waals surface area contributed by atoms with Gasteiger partial charge in [0.2, 0.25) is 0 Å².